The van der Waals surface area contributed by atoms with Gasteiger partial charge < -0.3 is 4.90 Å². The molecule has 4 rings (SSSR count). The number of piperidine rings is 1. The van der Waals surface area contributed by atoms with Crippen LogP contribution in [0.1, 0.15) is 44.9 Å². The van der Waals surface area contributed by atoms with Gasteiger partial charge in [0.2, 0.25) is 0 Å². The SMILES string of the molecule is Cc1nc2sccn2c1C(=O)N1CCCC(C(=O)c2cccc(C(F)(F)F)c2)C1. The highest BCUT2D eigenvalue weighted by Crippen LogP contribution is 2.31. The summed E-state index contributed by atoms with van der Waals surface area (Å²) in [5.74, 6) is -1.10. The first-order valence-corrected chi connectivity index (χ1v) is 10.1. The van der Waals surface area contributed by atoms with Gasteiger partial charge in [0, 0.05) is 36.1 Å². The molecule has 0 bridgehead atoms. The number of thiazole rings is 1. The molecule has 9 heteroatoms. The van der Waals surface area contributed by atoms with Gasteiger partial charge in [0.05, 0.1) is 11.3 Å². The number of imidazole rings is 1. The third kappa shape index (κ3) is 3.66. The number of hydrogen-bond donors (Lipinski definition) is 0. The molecule has 0 N–H and O–H groups in total. The van der Waals surface area contributed by atoms with E-state index < -0.39 is 17.7 Å². The van der Waals surface area contributed by atoms with Crippen LogP contribution < -0.4 is 0 Å². The van der Waals surface area contributed by atoms with Gasteiger partial charge in [-0.15, -0.1) is 11.3 Å². The Labute approximate surface area is 168 Å². The number of nitrogens with zero attached hydrogens (tertiary/aromatic N) is 3. The minimum atomic E-state index is -4.50. The summed E-state index contributed by atoms with van der Waals surface area (Å²) in [4.78, 5) is 32.7. The summed E-state index contributed by atoms with van der Waals surface area (Å²) in [5.41, 5.74) is 0.267. The smallest absolute Gasteiger partial charge is 0.337 e. The van der Waals surface area contributed by atoms with E-state index in [2.05, 4.69) is 4.98 Å². The molecule has 0 radical (unpaired) electrons. The first kappa shape index (κ1) is 19.6. The molecule has 1 amide bonds. The number of fused-ring (bicyclic) bond motifs is 1. The minimum Gasteiger partial charge on any atom is -0.337 e. The molecule has 0 saturated carbocycles. The number of amides is 1. The van der Waals surface area contributed by atoms with Gasteiger partial charge in [-0.25, -0.2) is 4.98 Å². The molecule has 1 fully saturated rings. The van der Waals surface area contributed by atoms with Crippen LogP contribution >= 0.6 is 11.3 Å². The van der Waals surface area contributed by atoms with Crippen molar-refractivity contribution in [2.75, 3.05) is 13.1 Å². The van der Waals surface area contributed by atoms with Crippen LogP contribution in [-0.4, -0.2) is 39.1 Å². The van der Waals surface area contributed by atoms with Gasteiger partial charge in [0.1, 0.15) is 5.69 Å². The van der Waals surface area contributed by atoms with E-state index >= 15 is 0 Å². The van der Waals surface area contributed by atoms with Gasteiger partial charge in [0.25, 0.3) is 5.91 Å². The van der Waals surface area contributed by atoms with E-state index in [9.17, 15) is 22.8 Å². The molecule has 1 aliphatic rings. The van der Waals surface area contributed by atoms with E-state index in [1.54, 1.807) is 22.4 Å². The van der Waals surface area contributed by atoms with Crippen molar-refractivity contribution >= 4 is 28.0 Å². The number of rotatable bonds is 3. The summed E-state index contributed by atoms with van der Waals surface area (Å²) in [6.07, 6.45) is -1.57. The molecule has 0 spiro atoms. The Kier molecular flexibility index (Phi) is 4.94. The zero-order chi connectivity index (χ0) is 20.8. The van der Waals surface area contributed by atoms with Crippen molar-refractivity contribution < 1.29 is 22.8 Å². The van der Waals surface area contributed by atoms with Crippen LogP contribution in [0.2, 0.25) is 0 Å². The van der Waals surface area contributed by atoms with Gasteiger partial charge in [0.15, 0.2) is 10.7 Å². The Morgan fingerprint density at radius 3 is 2.83 bits per heavy atom. The average molecular weight is 421 g/mol. The topological polar surface area (TPSA) is 54.7 Å². The van der Waals surface area contributed by atoms with Crippen molar-refractivity contribution in [1.82, 2.24) is 14.3 Å². The van der Waals surface area contributed by atoms with Crippen molar-refractivity contribution in [3.63, 3.8) is 0 Å². The number of Topliss-reactive ketones (excluding diaryl/α,β-unsaturated/α-hetero) is 1. The molecular formula is C20H18F3N3O2S. The Hall–Kier alpha value is -2.68. The fourth-order valence-corrected chi connectivity index (χ4v) is 4.52. The van der Waals surface area contributed by atoms with Crippen LogP contribution in [-0.2, 0) is 6.18 Å². The highest BCUT2D eigenvalue weighted by Gasteiger charge is 2.34. The Bertz CT molecular complexity index is 1090. The Morgan fingerprint density at radius 1 is 1.28 bits per heavy atom. The highest BCUT2D eigenvalue weighted by molar-refractivity contribution is 7.15. The molecule has 5 nitrogen and oxygen atoms in total. The van der Waals surface area contributed by atoms with Crippen LogP contribution in [0.3, 0.4) is 0 Å². The standard InChI is InChI=1S/C20H18F3N3O2S/c1-12-16(26-8-9-29-19(26)24-12)18(28)25-7-3-5-14(11-25)17(27)13-4-2-6-15(10-13)20(21,22)23/h2,4,6,8-10,14H,3,5,7,11H2,1H3. The molecule has 152 valence electrons. The first-order valence-electron chi connectivity index (χ1n) is 9.18. The number of alkyl halides is 3. The lowest BCUT2D eigenvalue weighted by molar-refractivity contribution is -0.137. The zero-order valence-electron chi connectivity index (χ0n) is 15.6. The molecule has 0 aliphatic carbocycles. The number of likely N-dealkylation sites (tertiary alicyclic amines) is 1. The molecule has 1 aliphatic heterocycles. The normalized spacial score (nSPS) is 17.7. The minimum absolute atomic E-state index is 0.0277. The molecule has 1 saturated heterocycles. The molecule has 29 heavy (non-hydrogen) atoms. The number of aryl methyl sites for hydroxylation is 1. The molecule has 1 atom stereocenters. The predicted octanol–water partition coefficient (Wildman–Crippen LogP) is 4.46. The summed E-state index contributed by atoms with van der Waals surface area (Å²) in [7, 11) is 0. The van der Waals surface area contributed by atoms with Gasteiger partial charge in [-0.1, -0.05) is 12.1 Å². The second kappa shape index (κ2) is 7.29. The van der Waals surface area contributed by atoms with E-state index in [1.807, 2.05) is 5.38 Å². The van der Waals surface area contributed by atoms with E-state index in [0.29, 0.717) is 30.8 Å². The Morgan fingerprint density at radius 2 is 2.07 bits per heavy atom. The number of carbonyl (C=O) groups is 2. The van der Waals surface area contributed by atoms with Crippen molar-refractivity contribution in [2.45, 2.75) is 25.9 Å². The van der Waals surface area contributed by atoms with Crippen LogP contribution in [0.5, 0.6) is 0 Å². The summed E-state index contributed by atoms with van der Waals surface area (Å²) in [6, 6.07) is 4.47. The van der Waals surface area contributed by atoms with Crippen LogP contribution in [0, 0.1) is 12.8 Å². The number of hydrogen-bond acceptors (Lipinski definition) is 4. The maximum atomic E-state index is 13.1. The molecule has 1 aromatic carbocycles. The third-order valence-corrected chi connectivity index (χ3v) is 5.95. The second-order valence-corrected chi connectivity index (χ2v) is 8.01. The Balaban J connectivity index is 1.55. The van der Waals surface area contributed by atoms with E-state index in [0.717, 1.165) is 17.1 Å². The van der Waals surface area contributed by atoms with Gasteiger partial charge >= 0.3 is 6.18 Å². The lowest BCUT2D eigenvalue weighted by atomic mass is 9.89. The molecule has 3 heterocycles. The summed E-state index contributed by atoms with van der Waals surface area (Å²) in [6.45, 7) is 2.45. The van der Waals surface area contributed by atoms with E-state index in [4.69, 9.17) is 0 Å². The fraction of sp³-hybridized carbons (Fsp3) is 0.350. The van der Waals surface area contributed by atoms with Gasteiger partial charge in [-0.05, 0) is 31.9 Å². The quantitative estimate of drug-likeness (QED) is 0.587. The number of benzene rings is 1. The fourth-order valence-electron chi connectivity index (χ4n) is 3.76. The van der Waals surface area contributed by atoms with E-state index in [-0.39, 0.29) is 23.8 Å². The molecular weight excluding hydrogens is 403 g/mol. The van der Waals surface area contributed by atoms with Crippen LogP contribution in [0.25, 0.3) is 4.96 Å². The van der Waals surface area contributed by atoms with Crippen molar-refractivity contribution in [1.29, 1.82) is 0 Å². The van der Waals surface area contributed by atoms with Crippen LogP contribution in [0.15, 0.2) is 35.8 Å². The number of aromatic nitrogens is 2. The second-order valence-electron chi connectivity index (χ2n) is 7.13. The third-order valence-electron chi connectivity index (χ3n) is 5.19. The summed E-state index contributed by atoms with van der Waals surface area (Å²) in [5, 5.41) is 1.84. The number of halogens is 3. The van der Waals surface area contributed by atoms with Crippen molar-refractivity contribution in [2.24, 2.45) is 5.92 Å². The molecule has 1 unspecified atom stereocenters. The lowest BCUT2D eigenvalue weighted by Crippen LogP contribution is -2.43. The zero-order valence-corrected chi connectivity index (χ0v) is 16.4. The van der Waals surface area contributed by atoms with E-state index in [1.165, 1.54) is 23.5 Å². The average Bonchev–Trinajstić information content (AvgIpc) is 3.26. The monoisotopic (exact) mass is 421 g/mol. The maximum absolute atomic E-state index is 13.1. The largest absolute Gasteiger partial charge is 0.416 e. The van der Waals surface area contributed by atoms with Crippen molar-refractivity contribution in [3.05, 3.63) is 58.4 Å². The molecule has 2 aromatic heterocycles. The van der Waals surface area contributed by atoms with Crippen LogP contribution in [0.4, 0.5) is 13.2 Å². The van der Waals surface area contributed by atoms with Crippen molar-refractivity contribution in [3.8, 4) is 0 Å². The first-order chi connectivity index (χ1) is 13.8. The van der Waals surface area contributed by atoms with Gasteiger partial charge in [-0.3, -0.25) is 14.0 Å². The number of carbonyl (C=O) groups excluding carboxylic acids is 2. The number of ketones is 1. The highest BCUT2D eigenvalue weighted by atomic mass is 32.1. The maximum Gasteiger partial charge on any atom is 0.416 e. The summed E-state index contributed by atoms with van der Waals surface area (Å²) >= 11 is 1.43. The predicted molar refractivity (Wildman–Crippen MR) is 102 cm³/mol. The van der Waals surface area contributed by atoms with Gasteiger partial charge in [-0.2, -0.15) is 13.2 Å². The lowest BCUT2D eigenvalue weighted by Gasteiger charge is -2.32. The summed E-state index contributed by atoms with van der Waals surface area (Å²) < 4.78 is 40.6. The molecule has 3 aromatic rings.